The van der Waals surface area contributed by atoms with Gasteiger partial charge in [0.2, 0.25) is 5.91 Å². The summed E-state index contributed by atoms with van der Waals surface area (Å²) in [5.74, 6) is -0.0296. The molecule has 0 aromatic heterocycles. The molecule has 0 atom stereocenters. The van der Waals surface area contributed by atoms with E-state index in [0.29, 0.717) is 18.4 Å². The van der Waals surface area contributed by atoms with Crippen molar-refractivity contribution in [1.82, 2.24) is 15.1 Å². The lowest BCUT2D eigenvalue weighted by Crippen LogP contribution is -2.63. The first-order valence-corrected chi connectivity index (χ1v) is 10.2. The van der Waals surface area contributed by atoms with Crippen LogP contribution in [-0.2, 0) is 30.4 Å². The molecule has 176 valence electrons. The molecular weight excluding hydrogens is 462 g/mol. The van der Waals surface area contributed by atoms with Crippen molar-refractivity contribution >= 4 is 30.7 Å². The van der Waals surface area contributed by atoms with E-state index in [4.69, 9.17) is 0 Å². The highest BCUT2D eigenvalue weighted by Gasteiger charge is 2.49. The Balaban J connectivity index is 0.00000181. The Labute approximate surface area is 199 Å². The topological polar surface area (TPSA) is 35.6 Å². The van der Waals surface area contributed by atoms with E-state index in [0.717, 1.165) is 38.3 Å². The highest BCUT2D eigenvalue weighted by Crippen LogP contribution is 2.37. The van der Waals surface area contributed by atoms with Crippen LogP contribution in [0, 0.1) is 0 Å². The zero-order chi connectivity index (χ0) is 21.4. The summed E-state index contributed by atoms with van der Waals surface area (Å²) >= 11 is 0. The van der Waals surface area contributed by atoms with Gasteiger partial charge >= 0.3 is 6.18 Å². The van der Waals surface area contributed by atoms with E-state index < -0.39 is 17.3 Å². The molecule has 1 aliphatic heterocycles. The van der Waals surface area contributed by atoms with Crippen molar-refractivity contribution in [3.63, 3.8) is 0 Å². The number of piperazine rings is 1. The molecule has 0 bridgehead atoms. The van der Waals surface area contributed by atoms with Crippen molar-refractivity contribution in [2.75, 3.05) is 33.2 Å². The summed E-state index contributed by atoms with van der Waals surface area (Å²) in [5.41, 5.74) is 1.47. The minimum atomic E-state index is -4.40. The van der Waals surface area contributed by atoms with Crippen LogP contribution >= 0.6 is 24.8 Å². The summed E-state index contributed by atoms with van der Waals surface area (Å²) in [6.45, 7) is 3.34. The number of nitrogens with one attached hydrogen (secondary N) is 1. The Morgan fingerprint density at radius 3 is 2.19 bits per heavy atom. The molecule has 2 aromatic carbocycles. The second kappa shape index (κ2) is 10.4. The quantitative estimate of drug-likeness (QED) is 0.706. The van der Waals surface area contributed by atoms with E-state index in [-0.39, 0.29) is 37.3 Å². The minimum absolute atomic E-state index is 0. The molecule has 9 heteroatoms. The van der Waals surface area contributed by atoms with Crippen molar-refractivity contribution in [1.29, 1.82) is 0 Å². The molecule has 1 heterocycles. The number of carbonyl (C=O) groups excluding carboxylic acids is 1. The van der Waals surface area contributed by atoms with Gasteiger partial charge in [0.05, 0.1) is 5.56 Å². The minimum Gasteiger partial charge on any atom is -0.340 e. The number of benzene rings is 2. The van der Waals surface area contributed by atoms with Crippen molar-refractivity contribution < 1.29 is 18.0 Å². The Hall–Kier alpha value is -1.80. The summed E-state index contributed by atoms with van der Waals surface area (Å²) in [5, 5.41) is 3.33. The lowest BCUT2D eigenvalue weighted by Gasteiger charge is -2.44. The average molecular weight is 490 g/mol. The van der Waals surface area contributed by atoms with Crippen molar-refractivity contribution in [3.05, 3.63) is 70.8 Å². The van der Waals surface area contributed by atoms with Crippen LogP contribution in [0.1, 0.15) is 22.3 Å². The molecule has 2 aromatic rings. The zero-order valence-electron chi connectivity index (χ0n) is 17.8. The van der Waals surface area contributed by atoms with Crippen LogP contribution in [0.5, 0.6) is 0 Å². The Morgan fingerprint density at radius 1 is 1.03 bits per heavy atom. The van der Waals surface area contributed by atoms with Gasteiger partial charge < -0.3 is 10.2 Å². The molecule has 1 fully saturated rings. The van der Waals surface area contributed by atoms with Gasteiger partial charge in [0.25, 0.3) is 0 Å². The van der Waals surface area contributed by atoms with Gasteiger partial charge in [-0.3, -0.25) is 9.69 Å². The number of hydrogen-bond donors (Lipinski definition) is 1. The molecule has 1 saturated heterocycles. The Bertz CT molecular complexity index is 908. The van der Waals surface area contributed by atoms with Crippen molar-refractivity contribution in [2.45, 2.75) is 31.1 Å². The van der Waals surface area contributed by atoms with Crippen LogP contribution in [0.3, 0.4) is 0 Å². The monoisotopic (exact) mass is 489 g/mol. The normalized spacial score (nSPS) is 17.6. The number of halogens is 5. The molecule has 1 N–H and O–H groups in total. The number of likely N-dealkylation sites (N-methyl/N-ethyl adjacent to an activating group) is 1. The smallest absolute Gasteiger partial charge is 0.340 e. The third-order valence-corrected chi connectivity index (χ3v) is 6.23. The lowest BCUT2D eigenvalue weighted by molar-refractivity contribution is -0.144. The van der Waals surface area contributed by atoms with E-state index in [1.807, 2.05) is 12.1 Å². The predicted octanol–water partition coefficient (Wildman–Crippen LogP) is 3.95. The standard InChI is InChI=1S/C23H26F3N3O.2ClH/c1-28(16-17-5-4-8-20(13-17)23(24,25)26)21(30)22(29-11-9-27-10-12-29)14-18-6-2-3-7-19(18)15-22;;/h2-8,13,27H,9-12,14-16H2,1H3;2*1H. The van der Waals surface area contributed by atoms with Gasteiger partial charge in [0, 0.05) is 52.6 Å². The SMILES string of the molecule is CN(Cc1cccc(C(F)(F)F)c1)C(=O)C1(N2CCNCC2)Cc2ccccc2C1.Cl.Cl. The Morgan fingerprint density at radius 2 is 1.62 bits per heavy atom. The van der Waals surface area contributed by atoms with E-state index in [9.17, 15) is 18.0 Å². The molecule has 0 radical (unpaired) electrons. The summed E-state index contributed by atoms with van der Waals surface area (Å²) in [6.07, 6.45) is -3.13. The highest BCUT2D eigenvalue weighted by atomic mass is 35.5. The molecule has 2 aliphatic rings. The largest absolute Gasteiger partial charge is 0.416 e. The summed E-state index contributed by atoms with van der Waals surface area (Å²) in [7, 11) is 1.69. The second-order valence-corrected chi connectivity index (χ2v) is 8.25. The first-order valence-electron chi connectivity index (χ1n) is 10.2. The third kappa shape index (κ3) is 5.22. The number of carbonyl (C=O) groups is 1. The second-order valence-electron chi connectivity index (χ2n) is 8.25. The summed E-state index contributed by atoms with van der Waals surface area (Å²) < 4.78 is 39.2. The molecule has 4 nitrogen and oxygen atoms in total. The highest BCUT2D eigenvalue weighted by molar-refractivity contribution is 5.88. The lowest BCUT2D eigenvalue weighted by atomic mass is 9.90. The number of rotatable bonds is 4. The number of fused-ring (bicyclic) bond motifs is 1. The fraction of sp³-hybridized carbons (Fsp3) is 0.435. The van der Waals surface area contributed by atoms with E-state index in [2.05, 4.69) is 22.3 Å². The molecule has 0 spiro atoms. The Kier molecular flexibility index (Phi) is 8.62. The van der Waals surface area contributed by atoms with Crippen LogP contribution in [0.2, 0.25) is 0 Å². The van der Waals surface area contributed by atoms with Crippen LogP contribution in [0.15, 0.2) is 48.5 Å². The van der Waals surface area contributed by atoms with Gasteiger partial charge in [-0.15, -0.1) is 24.8 Å². The number of nitrogens with zero attached hydrogens (tertiary/aromatic N) is 2. The zero-order valence-corrected chi connectivity index (χ0v) is 19.5. The van der Waals surface area contributed by atoms with E-state index in [1.165, 1.54) is 17.2 Å². The molecule has 0 saturated carbocycles. The first-order chi connectivity index (χ1) is 14.3. The molecule has 4 rings (SSSR count). The van der Waals surface area contributed by atoms with Gasteiger partial charge in [0.1, 0.15) is 5.54 Å². The van der Waals surface area contributed by atoms with Gasteiger partial charge in [-0.25, -0.2) is 0 Å². The van der Waals surface area contributed by atoms with Gasteiger partial charge in [-0.1, -0.05) is 36.4 Å². The maximum absolute atomic E-state index is 13.8. The molecule has 1 amide bonds. The number of alkyl halides is 3. The van der Waals surface area contributed by atoms with Crippen LogP contribution < -0.4 is 5.32 Å². The van der Waals surface area contributed by atoms with Crippen LogP contribution in [-0.4, -0.2) is 54.5 Å². The van der Waals surface area contributed by atoms with Crippen LogP contribution in [0.25, 0.3) is 0 Å². The van der Waals surface area contributed by atoms with E-state index in [1.54, 1.807) is 18.0 Å². The molecule has 32 heavy (non-hydrogen) atoms. The summed E-state index contributed by atoms with van der Waals surface area (Å²) in [6, 6.07) is 13.3. The first kappa shape index (κ1) is 26.5. The molecular formula is C23H28Cl2F3N3O. The van der Waals surface area contributed by atoms with Crippen molar-refractivity contribution in [2.24, 2.45) is 0 Å². The van der Waals surface area contributed by atoms with E-state index >= 15 is 0 Å². The fourth-order valence-electron chi connectivity index (χ4n) is 4.74. The van der Waals surface area contributed by atoms with Crippen LogP contribution in [0.4, 0.5) is 13.2 Å². The summed E-state index contributed by atoms with van der Waals surface area (Å²) in [4.78, 5) is 17.6. The van der Waals surface area contributed by atoms with Crippen molar-refractivity contribution in [3.8, 4) is 0 Å². The number of hydrogen-bond acceptors (Lipinski definition) is 3. The number of amides is 1. The van der Waals surface area contributed by atoms with Gasteiger partial charge in [0.15, 0.2) is 0 Å². The average Bonchev–Trinajstić information content (AvgIpc) is 3.14. The maximum atomic E-state index is 13.8. The third-order valence-electron chi connectivity index (χ3n) is 6.23. The predicted molar refractivity (Wildman–Crippen MR) is 123 cm³/mol. The van der Waals surface area contributed by atoms with Gasteiger partial charge in [-0.05, 0) is 28.8 Å². The fourth-order valence-corrected chi connectivity index (χ4v) is 4.74. The maximum Gasteiger partial charge on any atom is 0.416 e. The molecule has 1 aliphatic carbocycles. The van der Waals surface area contributed by atoms with Gasteiger partial charge in [-0.2, -0.15) is 13.2 Å². The molecule has 0 unspecified atom stereocenters.